The van der Waals surface area contributed by atoms with Gasteiger partial charge in [0.15, 0.2) is 0 Å². The maximum Gasteiger partial charge on any atom is 0.0541 e. The van der Waals surface area contributed by atoms with E-state index >= 15 is 0 Å². The van der Waals surface area contributed by atoms with Gasteiger partial charge in [-0.05, 0) is 145 Å². The molecule has 0 atom stereocenters. The molecule has 2 nitrogen and oxygen atoms in total. The van der Waals surface area contributed by atoms with Crippen LogP contribution in [0.4, 0.5) is 0 Å². The topological polar surface area (TPSA) is 17.8 Å². The zero-order chi connectivity index (χ0) is 42.2. The summed E-state index contributed by atoms with van der Waals surface area (Å²) < 4.78 is 2.44. The van der Waals surface area contributed by atoms with Gasteiger partial charge in [-0.3, -0.25) is 0 Å². The molecule has 0 aliphatic heterocycles. The van der Waals surface area contributed by atoms with E-state index in [4.69, 9.17) is 0 Å². The normalized spacial score (nSPS) is 13.1. The van der Waals surface area contributed by atoms with E-state index in [2.05, 4.69) is 216 Å². The minimum atomic E-state index is -0.0533. The van der Waals surface area contributed by atoms with Crippen molar-refractivity contribution in [2.75, 3.05) is 0 Å². The molecule has 0 unspecified atom stereocenters. The third kappa shape index (κ3) is 6.46. The van der Waals surface area contributed by atoms with Crippen LogP contribution in [0.25, 0.3) is 94.4 Å². The fraction of sp³-hybridized carbons (Fsp3) is 0.0484. The Kier molecular flexibility index (Phi) is 9.45. The second-order valence-electron chi connectivity index (χ2n) is 17.5. The van der Waals surface area contributed by atoms with Crippen LogP contribution in [0.1, 0.15) is 22.3 Å². The first-order chi connectivity index (χ1) is 31.7. The van der Waals surface area contributed by atoms with Gasteiger partial charge >= 0.3 is 0 Å². The SMILES string of the molecule is [Ir].[c-]1ccccc1-c1cc(-c2ccc(-c3ccc4c(c3)c3cc(-c5ccc6c(c5)C5(Cc7ccccc7C5)c5ccccc5-6)ccc3n4-c3ccc(-c4ccccc4)cc3)cc2)ccn1. The van der Waals surface area contributed by atoms with Crippen LogP contribution in [0, 0.1) is 6.07 Å². The van der Waals surface area contributed by atoms with Crippen molar-refractivity contribution in [2.24, 2.45) is 0 Å². The monoisotopic (exact) mass is 1010 g/mol. The molecule has 0 saturated carbocycles. The van der Waals surface area contributed by atoms with Crippen molar-refractivity contribution in [3.63, 3.8) is 0 Å². The van der Waals surface area contributed by atoms with Gasteiger partial charge in [-0.15, -0.1) is 35.9 Å². The maximum atomic E-state index is 4.64. The fourth-order valence-electron chi connectivity index (χ4n) is 10.9. The predicted molar refractivity (Wildman–Crippen MR) is 265 cm³/mol. The third-order valence-electron chi connectivity index (χ3n) is 14.0. The smallest absolute Gasteiger partial charge is 0.0541 e. The van der Waals surface area contributed by atoms with Gasteiger partial charge in [-0.1, -0.05) is 146 Å². The van der Waals surface area contributed by atoms with Crippen LogP contribution in [0.5, 0.6) is 0 Å². The molecule has 1 spiro atoms. The first kappa shape index (κ1) is 39.2. The van der Waals surface area contributed by atoms with E-state index in [1.165, 1.54) is 88.6 Å². The van der Waals surface area contributed by atoms with Gasteiger partial charge in [0.25, 0.3) is 0 Å². The van der Waals surface area contributed by atoms with E-state index in [0.717, 1.165) is 40.9 Å². The number of fused-ring (bicyclic) bond motifs is 9. The molecule has 0 amide bonds. The van der Waals surface area contributed by atoms with Gasteiger partial charge in [-0.25, -0.2) is 0 Å². The largest absolute Gasteiger partial charge is 0.309 e. The summed E-state index contributed by atoms with van der Waals surface area (Å²) in [5.74, 6) is 0. The minimum Gasteiger partial charge on any atom is -0.309 e. The molecule has 65 heavy (non-hydrogen) atoms. The second-order valence-corrected chi connectivity index (χ2v) is 17.5. The van der Waals surface area contributed by atoms with Gasteiger partial charge in [0.1, 0.15) is 0 Å². The number of rotatable bonds is 6. The van der Waals surface area contributed by atoms with E-state index in [-0.39, 0.29) is 25.5 Å². The van der Waals surface area contributed by atoms with Crippen molar-refractivity contribution >= 4 is 21.8 Å². The fourth-order valence-corrected chi connectivity index (χ4v) is 10.9. The molecule has 2 aromatic heterocycles. The van der Waals surface area contributed by atoms with Crippen LogP contribution in [0.2, 0.25) is 0 Å². The Morgan fingerprint density at radius 3 is 1.63 bits per heavy atom. The quantitative estimate of drug-likeness (QED) is 0.152. The molecule has 2 heterocycles. The molecule has 2 aliphatic carbocycles. The Morgan fingerprint density at radius 2 is 0.938 bits per heavy atom. The molecule has 0 N–H and O–H groups in total. The molecule has 2 aliphatic rings. The summed E-state index contributed by atoms with van der Waals surface area (Å²) in [6, 6.07) is 83.6. The average Bonchev–Trinajstić information content (AvgIpc) is 4.01. The summed E-state index contributed by atoms with van der Waals surface area (Å²) in [5, 5.41) is 2.48. The Hall–Kier alpha value is -7.42. The van der Waals surface area contributed by atoms with Crippen molar-refractivity contribution in [2.45, 2.75) is 18.3 Å². The van der Waals surface area contributed by atoms with E-state index in [1.807, 2.05) is 24.4 Å². The van der Waals surface area contributed by atoms with Gasteiger partial charge in [0, 0.05) is 48.2 Å². The second kappa shape index (κ2) is 15.7. The summed E-state index contributed by atoms with van der Waals surface area (Å²) in [6.07, 6.45) is 3.96. The molecule has 11 aromatic rings. The van der Waals surface area contributed by atoms with Crippen LogP contribution in [-0.4, -0.2) is 9.55 Å². The van der Waals surface area contributed by atoms with E-state index < -0.39 is 0 Å². The molecular weight excluding hydrogens is 965 g/mol. The molecule has 13 rings (SSSR count). The van der Waals surface area contributed by atoms with Gasteiger partial charge < -0.3 is 9.55 Å². The zero-order valence-electron chi connectivity index (χ0n) is 35.5. The van der Waals surface area contributed by atoms with Crippen molar-refractivity contribution in [1.82, 2.24) is 9.55 Å². The molecule has 0 saturated heterocycles. The number of benzene rings is 9. The molecule has 3 heteroatoms. The van der Waals surface area contributed by atoms with E-state index in [0.29, 0.717) is 0 Å². The first-order valence-electron chi connectivity index (χ1n) is 22.3. The molecule has 0 bridgehead atoms. The Morgan fingerprint density at radius 1 is 0.415 bits per heavy atom. The van der Waals surface area contributed by atoms with Crippen LogP contribution in [-0.2, 0) is 38.4 Å². The van der Waals surface area contributed by atoms with Gasteiger partial charge in [-0.2, -0.15) is 0 Å². The number of aromatic nitrogens is 2. The Balaban J connectivity index is 0.00000444. The molecule has 1 radical (unpaired) electrons. The van der Waals surface area contributed by atoms with Crippen LogP contribution < -0.4 is 0 Å². The van der Waals surface area contributed by atoms with Crippen molar-refractivity contribution in [3.8, 4) is 72.6 Å². The molecule has 309 valence electrons. The molecule has 9 aromatic carbocycles. The van der Waals surface area contributed by atoms with Crippen LogP contribution in [0.15, 0.2) is 225 Å². The first-order valence-corrected chi connectivity index (χ1v) is 22.3. The number of hydrogen-bond acceptors (Lipinski definition) is 1. The van der Waals surface area contributed by atoms with Crippen molar-refractivity contribution in [3.05, 3.63) is 253 Å². The molecular formula is C62H41IrN2-. The average molecular weight is 1010 g/mol. The predicted octanol–water partition coefficient (Wildman–Crippen LogP) is 15.4. The van der Waals surface area contributed by atoms with Crippen molar-refractivity contribution in [1.29, 1.82) is 0 Å². The summed E-state index contributed by atoms with van der Waals surface area (Å²) in [6.45, 7) is 0. The van der Waals surface area contributed by atoms with E-state index in [1.54, 1.807) is 0 Å². The van der Waals surface area contributed by atoms with Crippen LogP contribution in [0.3, 0.4) is 0 Å². The van der Waals surface area contributed by atoms with Gasteiger partial charge in [0.2, 0.25) is 0 Å². The Labute approximate surface area is 392 Å². The summed E-state index contributed by atoms with van der Waals surface area (Å²) in [7, 11) is 0. The summed E-state index contributed by atoms with van der Waals surface area (Å²) in [4.78, 5) is 4.64. The summed E-state index contributed by atoms with van der Waals surface area (Å²) in [5.41, 5.74) is 23.6. The third-order valence-corrected chi connectivity index (χ3v) is 14.0. The van der Waals surface area contributed by atoms with Crippen molar-refractivity contribution < 1.29 is 20.1 Å². The standard InChI is InChI=1S/C62H41N2.Ir/c1-3-11-41(12-4-1)42-23-28-52(29-24-42)64-60-31-26-46(43-19-21-44(22-20-43)49-33-34-63-59(38-49)45-13-5-2-6-14-45)35-55(60)56-36-47(27-32-61(56)64)48-25-30-54-53-17-9-10-18-57(53)62(58(54)37-48)39-50-15-7-8-16-51(50)40-62;/h1-13,15-38H,39-40H2;/q-1;. The number of nitrogens with zero attached hydrogens (tertiary/aromatic N) is 2. The summed E-state index contributed by atoms with van der Waals surface area (Å²) >= 11 is 0. The zero-order valence-corrected chi connectivity index (χ0v) is 37.9. The number of hydrogen-bond donors (Lipinski definition) is 0. The molecule has 0 fully saturated rings. The van der Waals surface area contributed by atoms with Gasteiger partial charge in [0.05, 0.1) is 11.0 Å². The Bertz CT molecular complexity index is 3560. The minimum absolute atomic E-state index is 0. The van der Waals surface area contributed by atoms with E-state index in [9.17, 15) is 0 Å². The number of pyridine rings is 1. The van der Waals surface area contributed by atoms with Crippen LogP contribution >= 0.6 is 0 Å². The maximum absolute atomic E-state index is 4.64.